The van der Waals surface area contributed by atoms with E-state index in [1.807, 2.05) is 38.1 Å². The number of carbonyl (C=O) groups excluding carboxylic acids is 1. The van der Waals surface area contributed by atoms with E-state index in [9.17, 15) is 14.0 Å². The molecule has 0 amide bonds. The Morgan fingerprint density at radius 2 is 1.86 bits per heavy atom. The summed E-state index contributed by atoms with van der Waals surface area (Å²) in [7, 11) is 0. The summed E-state index contributed by atoms with van der Waals surface area (Å²) >= 11 is 5.98. The first-order valence-corrected chi connectivity index (χ1v) is 12.3. The van der Waals surface area contributed by atoms with Gasteiger partial charge in [-0.25, -0.2) is 9.18 Å². The molecule has 1 aromatic heterocycles. The topological polar surface area (TPSA) is 69.4 Å². The third-order valence-corrected chi connectivity index (χ3v) is 6.30. The molecule has 0 radical (unpaired) electrons. The Labute approximate surface area is 209 Å². The fourth-order valence-corrected chi connectivity index (χ4v) is 4.35. The second kappa shape index (κ2) is 11.3. The zero-order chi connectivity index (χ0) is 24.9. The van der Waals surface area contributed by atoms with Crippen LogP contribution in [-0.2, 0) is 22.5 Å². The lowest BCUT2D eigenvalue weighted by atomic mass is 10.1. The number of hydrogen-bond acceptors (Lipinski definition) is 5. The molecule has 0 atom stereocenters. The predicted molar refractivity (Wildman–Crippen MR) is 134 cm³/mol. The SMILES string of the molecule is CC(C)CC(=O)Cn1c(-c2ccc(F)c(Cl)c2)nn(-c2ccc(CCN3CCOCC3)cc2)c1=O. The maximum Gasteiger partial charge on any atom is 0.351 e. The Balaban J connectivity index is 1.62. The van der Waals surface area contributed by atoms with Crippen LogP contribution in [0, 0.1) is 11.7 Å². The van der Waals surface area contributed by atoms with Crippen molar-refractivity contribution in [3.05, 3.63) is 69.4 Å². The van der Waals surface area contributed by atoms with Crippen LogP contribution in [0.25, 0.3) is 17.1 Å². The third kappa shape index (κ3) is 6.25. The smallest absolute Gasteiger partial charge is 0.351 e. The Morgan fingerprint density at radius 3 is 2.51 bits per heavy atom. The molecule has 1 saturated heterocycles. The molecule has 0 saturated carbocycles. The summed E-state index contributed by atoms with van der Waals surface area (Å²) in [5.74, 6) is -0.200. The quantitative estimate of drug-likeness (QED) is 0.444. The van der Waals surface area contributed by atoms with E-state index < -0.39 is 11.5 Å². The van der Waals surface area contributed by atoms with Gasteiger partial charge in [0.05, 0.1) is 30.5 Å². The second-order valence-electron chi connectivity index (χ2n) is 9.24. The molecule has 1 aliphatic heterocycles. The van der Waals surface area contributed by atoms with Crippen molar-refractivity contribution in [2.45, 2.75) is 33.2 Å². The molecule has 2 aromatic carbocycles. The number of halogens is 2. The minimum atomic E-state index is -0.563. The minimum absolute atomic E-state index is 0.0745. The number of rotatable bonds is 9. The van der Waals surface area contributed by atoms with E-state index in [1.54, 1.807) is 0 Å². The summed E-state index contributed by atoms with van der Waals surface area (Å²) in [6.45, 7) is 8.16. The molecule has 2 heterocycles. The number of ether oxygens (including phenoxy) is 1. The molecule has 9 heteroatoms. The van der Waals surface area contributed by atoms with Crippen molar-refractivity contribution in [3.63, 3.8) is 0 Å². The molecule has 4 rings (SSSR count). The van der Waals surface area contributed by atoms with E-state index in [1.165, 1.54) is 27.4 Å². The zero-order valence-corrected chi connectivity index (χ0v) is 20.8. The van der Waals surface area contributed by atoms with Crippen LogP contribution in [0.2, 0.25) is 5.02 Å². The first kappa shape index (κ1) is 25.3. The maximum atomic E-state index is 13.7. The fourth-order valence-electron chi connectivity index (χ4n) is 4.17. The number of aromatic nitrogens is 3. The van der Waals surface area contributed by atoms with Gasteiger partial charge in [-0.3, -0.25) is 14.3 Å². The third-order valence-electron chi connectivity index (χ3n) is 6.01. The van der Waals surface area contributed by atoms with Gasteiger partial charge < -0.3 is 4.74 Å². The van der Waals surface area contributed by atoms with E-state index in [0.717, 1.165) is 44.8 Å². The van der Waals surface area contributed by atoms with Crippen LogP contribution in [0.1, 0.15) is 25.8 Å². The van der Waals surface area contributed by atoms with Gasteiger partial charge in [0.1, 0.15) is 5.82 Å². The summed E-state index contributed by atoms with van der Waals surface area (Å²) in [6.07, 6.45) is 1.24. The first-order valence-electron chi connectivity index (χ1n) is 11.9. The average Bonchev–Trinajstić information content (AvgIpc) is 3.16. The van der Waals surface area contributed by atoms with E-state index in [4.69, 9.17) is 16.3 Å². The highest BCUT2D eigenvalue weighted by molar-refractivity contribution is 6.31. The normalized spacial score (nSPS) is 14.5. The molecular formula is C26H30ClFN4O3. The fraction of sp³-hybridized carbons (Fsp3) is 0.423. The summed E-state index contributed by atoms with van der Waals surface area (Å²) in [5.41, 5.74) is 1.78. The van der Waals surface area contributed by atoms with Gasteiger partial charge in [0.25, 0.3) is 0 Å². The lowest BCUT2D eigenvalue weighted by Gasteiger charge is -2.26. The van der Waals surface area contributed by atoms with Crippen molar-refractivity contribution in [1.29, 1.82) is 0 Å². The monoisotopic (exact) mass is 500 g/mol. The lowest BCUT2D eigenvalue weighted by molar-refractivity contribution is -0.120. The van der Waals surface area contributed by atoms with Gasteiger partial charge >= 0.3 is 5.69 Å². The van der Waals surface area contributed by atoms with E-state index in [-0.39, 0.29) is 29.1 Å². The van der Waals surface area contributed by atoms with Gasteiger partial charge in [0.2, 0.25) is 0 Å². The van der Waals surface area contributed by atoms with Gasteiger partial charge in [0.15, 0.2) is 11.6 Å². The molecule has 1 aliphatic rings. The number of hydrogen-bond donors (Lipinski definition) is 0. The number of benzene rings is 2. The second-order valence-corrected chi connectivity index (χ2v) is 9.65. The predicted octanol–water partition coefficient (Wildman–Crippen LogP) is 3.98. The van der Waals surface area contributed by atoms with Gasteiger partial charge in [-0.2, -0.15) is 4.68 Å². The highest BCUT2D eigenvalue weighted by atomic mass is 35.5. The Hall–Kier alpha value is -2.81. The molecule has 7 nitrogen and oxygen atoms in total. The van der Waals surface area contributed by atoms with Crippen LogP contribution in [0.3, 0.4) is 0 Å². The Kier molecular flexibility index (Phi) is 8.15. The highest BCUT2D eigenvalue weighted by Gasteiger charge is 2.20. The molecular weight excluding hydrogens is 471 g/mol. The van der Waals surface area contributed by atoms with Crippen LogP contribution in [0.4, 0.5) is 4.39 Å². The molecule has 0 aliphatic carbocycles. The molecule has 1 fully saturated rings. The van der Waals surface area contributed by atoms with Crippen molar-refractivity contribution in [2.24, 2.45) is 5.92 Å². The minimum Gasteiger partial charge on any atom is -0.379 e. The molecule has 3 aromatic rings. The largest absolute Gasteiger partial charge is 0.379 e. The summed E-state index contributed by atoms with van der Waals surface area (Å²) in [4.78, 5) is 28.3. The highest BCUT2D eigenvalue weighted by Crippen LogP contribution is 2.24. The molecule has 186 valence electrons. The number of carbonyl (C=O) groups is 1. The average molecular weight is 501 g/mol. The molecule has 0 spiro atoms. The standard InChI is InChI=1S/C26H30ClFN4O3/c1-18(2)15-22(33)17-31-25(20-5-8-24(28)23(27)16-20)29-32(26(31)34)21-6-3-19(4-7-21)9-10-30-11-13-35-14-12-30/h3-8,16,18H,9-15,17H2,1-2H3. The van der Waals surface area contributed by atoms with E-state index in [2.05, 4.69) is 10.00 Å². The summed E-state index contributed by atoms with van der Waals surface area (Å²) < 4.78 is 21.8. The van der Waals surface area contributed by atoms with Crippen molar-refractivity contribution in [1.82, 2.24) is 19.2 Å². The van der Waals surface area contributed by atoms with Crippen molar-refractivity contribution in [3.8, 4) is 17.1 Å². The molecule has 0 unspecified atom stereocenters. The van der Waals surface area contributed by atoms with Crippen molar-refractivity contribution >= 4 is 17.4 Å². The van der Waals surface area contributed by atoms with Gasteiger partial charge in [0, 0.05) is 31.6 Å². The zero-order valence-electron chi connectivity index (χ0n) is 20.0. The van der Waals surface area contributed by atoms with Gasteiger partial charge in [-0.05, 0) is 48.2 Å². The molecule has 35 heavy (non-hydrogen) atoms. The summed E-state index contributed by atoms with van der Waals surface area (Å²) in [6, 6.07) is 11.8. The number of nitrogens with zero attached hydrogens (tertiary/aromatic N) is 4. The maximum absolute atomic E-state index is 13.7. The van der Waals surface area contributed by atoms with Crippen molar-refractivity contribution in [2.75, 3.05) is 32.8 Å². The summed E-state index contributed by atoms with van der Waals surface area (Å²) in [5, 5.41) is 4.44. The van der Waals surface area contributed by atoms with E-state index >= 15 is 0 Å². The Morgan fingerprint density at radius 1 is 1.14 bits per heavy atom. The van der Waals surface area contributed by atoms with Crippen LogP contribution < -0.4 is 5.69 Å². The molecule has 0 bridgehead atoms. The van der Waals surface area contributed by atoms with Gasteiger partial charge in [-0.15, -0.1) is 5.10 Å². The van der Waals surface area contributed by atoms with Crippen molar-refractivity contribution < 1.29 is 13.9 Å². The van der Waals surface area contributed by atoms with Crippen LogP contribution in [-0.4, -0.2) is 57.9 Å². The lowest BCUT2D eigenvalue weighted by Crippen LogP contribution is -2.37. The first-order chi connectivity index (χ1) is 16.8. The van der Waals surface area contributed by atoms with E-state index in [0.29, 0.717) is 17.7 Å². The molecule has 0 N–H and O–H groups in total. The number of ketones is 1. The van der Waals surface area contributed by atoms with Crippen LogP contribution in [0.15, 0.2) is 47.3 Å². The van der Waals surface area contributed by atoms with Gasteiger partial charge in [-0.1, -0.05) is 37.6 Å². The van der Waals surface area contributed by atoms with Crippen LogP contribution in [0.5, 0.6) is 0 Å². The number of Topliss-reactive ketones (excluding diaryl/α,β-unsaturated/α-hetero) is 1. The van der Waals surface area contributed by atoms with Crippen LogP contribution >= 0.6 is 11.6 Å². The Bertz CT molecular complexity index is 1230. The number of morpholine rings is 1.